The lowest BCUT2D eigenvalue weighted by Gasteiger charge is -2.25. The monoisotopic (exact) mass is 552 g/mol. The summed E-state index contributed by atoms with van der Waals surface area (Å²) < 4.78 is 12.1. The first-order chi connectivity index (χ1) is 20.0. The van der Waals surface area contributed by atoms with Crippen molar-refractivity contribution in [2.24, 2.45) is 0 Å². The molecule has 3 aromatic carbocycles. The molecule has 4 nitrogen and oxygen atoms in total. The Labute approximate surface area is 248 Å². The van der Waals surface area contributed by atoms with Crippen LogP contribution >= 0.6 is 0 Å². The number of aryl methyl sites for hydroxylation is 1. The van der Waals surface area contributed by atoms with E-state index in [-0.39, 0.29) is 0 Å². The van der Waals surface area contributed by atoms with Crippen LogP contribution in [0.2, 0.25) is 0 Å². The van der Waals surface area contributed by atoms with E-state index in [4.69, 9.17) is 9.47 Å². The van der Waals surface area contributed by atoms with Crippen LogP contribution in [-0.2, 0) is 11.2 Å². The molecule has 3 rings (SSSR count). The maximum absolute atomic E-state index is 6.08. The van der Waals surface area contributed by atoms with Crippen molar-refractivity contribution in [1.82, 2.24) is 0 Å². The molecule has 0 saturated heterocycles. The van der Waals surface area contributed by atoms with Gasteiger partial charge in [0.2, 0.25) is 0 Å². The van der Waals surface area contributed by atoms with Gasteiger partial charge in [-0.15, -0.1) is 0 Å². The molecule has 0 aliphatic heterocycles. The third kappa shape index (κ3) is 9.60. The summed E-state index contributed by atoms with van der Waals surface area (Å²) in [5.41, 5.74) is 6.98. The highest BCUT2D eigenvalue weighted by Gasteiger charge is 2.12. The van der Waals surface area contributed by atoms with Gasteiger partial charge in [-0.2, -0.15) is 0 Å². The lowest BCUT2D eigenvalue weighted by molar-refractivity contribution is 0.218. The van der Waals surface area contributed by atoms with E-state index in [1.54, 1.807) is 0 Å². The van der Waals surface area contributed by atoms with Gasteiger partial charge in [0.25, 0.3) is 0 Å². The van der Waals surface area contributed by atoms with E-state index in [1.807, 2.05) is 19.1 Å². The van der Waals surface area contributed by atoms with Gasteiger partial charge in [0, 0.05) is 36.8 Å². The highest BCUT2D eigenvalue weighted by Crippen LogP contribution is 2.33. The van der Waals surface area contributed by atoms with Crippen molar-refractivity contribution >= 4 is 28.8 Å². The molecule has 0 bridgehead atoms. The quantitative estimate of drug-likeness (QED) is 0.0945. The lowest BCUT2D eigenvalue weighted by atomic mass is 10.0. The highest BCUT2D eigenvalue weighted by atomic mass is 16.5. The molecule has 4 heteroatoms. The summed E-state index contributed by atoms with van der Waals surface area (Å²) in [7, 11) is 4.23. The van der Waals surface area contributed by atoms with Gasteiger partial charge in [-0.3, -0.25) is 0 Å². The number of rotatable bonds is 17. The Hall–Kier alpha value is -3.92. The number of unbranched alkanes of at least 4 members (excludes halogenated alkanes) is 2. The van der Waals surface area contributed by atoms with Gasteiger partial charge in [-0.25, -0.2) is 0 Å². The summed E-state index contributed by atoms with van der Waals surface area (Å²) in [6.07, 6.45) is 14.3. The summed E-state index contributed by atoms with van der Waals surface area (Å²) in [6.45, 7) is 11.8. The number of hydrogen-bond acceptors (Lipinski definition) is 4. The molecule has 0 saturated carbocycles. The molecule has 0 unspecified atom stereocenters. The van der Waals surface area contributed by atoms with Gasteiger partial charge < -0.3 is 19.3 Å². The fourth-order valence-electron chi connectivity index (χ4n) is 4.58. The van der Waals surface area contributed by atoms with Crippen molar-refractivity contribution < 1.29 is 9.47 Å². The molecule has 218 valence electrons. The van der Waals surface area contributed by atoms with Crippen LogP contribution in [0.5, 0.6) is 5.75 Å². The second-order valence-corrected chi connectivity index (χ2v) is 10.3. The normalized spacial score (nSPS) is 11.5. The number of benzene rings is 3. The van der Waals surface area contributed by atoms with E-state index in [2.05, 4.69) is 123 Å². The Morgan fingerprint density at radius 3 is 2.02 bits per heavy atom. The van der Waals surface area contributed by atoms with Gasteiger partial charge >= 0.3 is 0 Å². The molecule has 0 aliphatic rings. The molecular formula is C37H48N2O2. The second kappa shape index (κ2) is 17.0. The number of ether oxygens (including phenoxy) is 2. The summed E-state index contributed by atoms with van der Waals surface area (Å²) in [5, 5.41) is 0. The topological polar surface area (TPSA) is 24.9 Å². The van der Waals surface area contributed by atoms with Gasteiger partial charge in [0.1, 0.15) is 11.5 Å². The van der Waals surface area contributed by atoms with Crippen LogP contribution in [0.1, 0.15) is 64.0 Å². The molecule has 0 heterocycles. The number of anilines is 4. The summed E-state index contributed by atoms with van der Waals surface area (Å²) >= 11 is 0. The van der Waals surface area contributed by atoms with E-state index >= 15 is 0 Å². The van der Waals surface area contributed by atoms with Gasteiger partial charge in [-0.05, 0) is 110 Å². The average Bonchev–Trinajstić information content (AvgIpc) is 3.01. The predicted octanol–water partition coefficient (Wildman–Crippen LogP) is 10.3. The zero-order valence-electron chi connectivity index (χ0n) is 25.7. The van der Waals surface area contributed by atoms with E-state index in [1.165, 1.54) is 11.3 Å². The van der Waals surface area contributed by atoms with Crippen molar-refractivity contribution in [3.8, 4) is 5.75 Å². The first-order valence-corrected chi connectivity index (χ1v) is 15.0. The Morgan fingerprint density at radius 1 is 0.805 bits per heavy atom. The Morgan fingerprint density at radius 2 is 1.41 bits per heavy atom. The molecule has 0 amide bonds. The van der Waals surface area contributed by atoms with Crippen molar-refractivity contribution in [3.05, 3.63) is 108 Å². The van der Waals surface area contributed by atoms with E-state index in [9.17, 15) is 0 Å². The highest BCUT2D eigenvalue weighted by molar-refractivity contribution is 5.71. The van der Waals surface area contributed by atoms with Crippen LogP contribution in [0.25, 0.3) is 6.08 Å². The maximum atomic E-state index is 6.08. The third-order valence-corrected chi connectivity index (χ3v) is 7.18. The molecule has 0 aliphatic carbocycles. The lowest BCUT2D eigenvalue weighted by Crippen LogP contribution is -2.13. The third-order valence-electron chi connectivity index (χ3n) is 7.18. The minimum absolute atomic E-state index is 0.743. The molecule has 41 heavy (non-hydrogen) atoms. The number of allylic oxidation sites excluding steroid dienone is 3. The van der Waals surface area contributed by atoms with Gasteiger partial charge in [0.05, 0.1) is 13.2 Å². The maximum Gasteiger partial charge on any atom is 0.119 e. The summed E-state index contributed by atoms with van der Waals surface area (Å²) in [5.74, 6) is 1.88. The minimum Gasteiger partial charge on any atom is -0.494 e. The zero-order valence-corrected chi connectivity index (χ0v) is 25.7. The number of nitrogens with zero attached hydrogens (tertiary/aromatic N) is 2. The van der Waals surface area contributed by atoms with Crippen LogP contribution < -0.4 is 14.5 Å². The minimum atomic E-state index is 0.743. The second-order valence-electron chi connectivity index (χ2n) is 10.3. The molecule has 0 N–H and O–H groups in total. The Kier molecular flexibility index (Phi) is 13.1. The van der Waals surface area contributed by atoms with E-state index < -0.39 is 0 Å². The van der Waals surface area contributed by atoms with Gasteiger partial charge in [0.15, 0.2) is 0 Å². The van der Waals surface area contributed by atoms with Crippen molar-refractivity contribution in [2.75, 3.05) is 37.1 Å². The average molecular weight is 553 g/mol. The fraction of sp³-hybridized carbons (Fsp3) is 0.351. The van der Waals surface area contributed by atoms with Gasteiger partial charge in [-0.1, -0.05) is 57.6 Å². The van der Waals surface area contributed by atoms with Crippen molar-refractivity contribution in [3.63, 3.8) is 0 Å². The molecule has 0 aromatic heterocycles. The van der Waals surface area contributed by atoms with Crippen LogP contribution in [0.3, 0.4) is 0 Å². The molecule has 0 atom stereocenters. The van der Waals surface area contributed by atoms with Crippen LogP contribution in [0.4, 0.5) is 22.7 Å². The first-order valence-electron chi connectivity index (χ1n) is 15.0. The zero-order chi connectivity index (χ0) is 29.5. The smallest absolute Gasteiger partial charge is 0.119 e. The molecule has 0 fully saturated rings. The molecule has 0 spiro atoms. The first kappa shape index (κ1) is 31.6. The molecule has 0 radical (unpaired) electrons. The van der Waals surface area contributed by atoms with E-state index in [0.29, 0.717) is 0 Å². The van der Waals surface area contributed by atoms with Crippen LogP contribution in [0, 0.1) is 0 Å². The number of hydrogen-bond donors (Lipinski definition) is 0. The Bertz CT molecular complexity index is 1260. The predicted molar refractivity (Wildman–Crippen MR) is 178 cm³/mol. The largest absolute Gasteiger partial charge is 0.494 e. The van der Waals surface area contributed by atoms with Crippen molar-refractivity contribution in [1.29, 1.82) is 0 Å². The molecule has 3 aromatic rings. The Balaban J connectivity index is 1.80. The van der Waals surface area contributed by atoms with Crippen LogP contribution in [-0.4, -0.2) is 27.3 Å². The fourth-order valence-corrected chi connectivity index (χ4v) is 4.58. The van der Waals surface area contributed by atoms with Crippen molar-refractivity contribution in [2.45, 2.75) is 59.3 Å². The van der Waals surface area contributed by atoms with E-state index in [0.717, 1.165) is 85.9 Å². The summed E-state index contributed by atoms with van der Waals surface area (Å²) in [6, 6.07) is 23.6. The summed E-state index contributed by atoms with van der Waals surface area (Å²) in [4.78, 5) is 4.46. The van der Waals surface area contributed by atoms with Crippen LogP contribution in [0.15, 0.2) is 97.3 Å². The standard InChI is InChI=1S/C37H48N2O2/c1-7-11-27-40-35(14-9-3)16-13-15-31-29-36(41-28-12-8-2)25-26-37(31)39(6)34-23-21-33(22-24-34)38(5)32-19-17-30(10-4)18-20-32/h9-10,14,16-26,29H,4,7-8,11-13,15,27-28H2,1-3,5-6H3/b14-9-,35-16+. The molecular weight excluding hydrogens is 504 g/mol. The SMILES string of the molecule is C=Cc1ccc(N(C)c2ccc(N(C)c3ccc(OCCCC)cc3CC/C=C(\C=C/C)OCCCC)cc2)cc1.